The van der Waals surface area contributed by atoms with Gasteiger partial charge in [-0.3, -0.25) is 19.3 Å². The predicted molar refractivity (Wildman–Crippen MR) is 90.1 cm³/mol. The van der Waals surface area contributed by atoms with E-state index in [0.717, 1.165) is 0 Å². The van der Waals surface area contributed by atoms with Gasteiger partial charge >= 0.3 is 0 Å². The summed E-state index contributed by atoms with van der Waals surface area (Å²) in [4.78, 5) is 40.4. The van der Waals surface area contributed by atoms with Gasteiger partial charge in [-0.1, -0.05) is 6.92 Å². The van der Waals surface area contributed by atoms with Gasteiger partial charge in [0.15, 0.2) is 0 Å². The van der Waals surface area contributed by atoms with Crippen molar-refractivity contribution >= 4 is 35.3 Å². The minimum Gasteiger partial charge on any atom is -0.379 e. The zero-order chi connectivity index (χ0) is 17.7. The van der Waals surface area contributed by atoms with Gasteiger partial charge in [0.1, 0.15) is 5.82 Å². The zero-order valence-corrected chi connectivity index (χ0v) is 14.2. The minimum atomic E-state index is -0.829. The lowest BCUT2D eigenvalue weighted by molar-refractivity contribution is -0.118. The number of aromatic nitrogens is 1. The number of hydrogen-bond donors (Lipinski definition) is 4. The number of aromatic amines is 1. The Bertz CT molecular complexity index is 639. The summed E-state index contributed by atoms with van der Waals surface area (Å²) in [5, 5.41) is 3.03. The Labute approximate surface area is 143 Å². The van der Waals surface area contributed by atoms with Crippen LogP contribution in [0.15, 0.2) is 5.03 Å². The number of nitrogens with two attached hydrogens (primary N) is 2. The molecule has 1 aliphatic heterocycles. The number of H-pyrrole nitrogens is 1. The molecular formula is C14H21N5O4S. The molecule has 3 amide bonds. The summed E-state index contributed by atoms with van der Waals surface area (Å²) in [6.45, 7) is 4.51. The largest absolute Gasteiger partial charge is 0.379 e. The van der Waals surface area contributed by atoms with Crippen LogP contribution in [0.1, 0.15) is 27.6 Å². The monoisotopic (exact) mass is 355 g/mol. The number of hydrogen-bond acceptors (Lipinski definition) is 6. The molecule has 0 bridgehead atoms. The van der Waals surface area contributed by atoms with Gasteiger partial charge in [0.05, 0.1) is 35.9 Å². The first-order valence-electron chi connectivity index (χ1n) is 7.52. The van der Waals surface area contributed by atoms with Gasteiger partial charge in [0.2, 0.25) is 5.91 Å². The van der Waals surface area contributed by atoms with Crippen LogP contribution in [0.25, 0.3) is 0 Å². The molecular weight excluding hydrogens is 334 g/mol. The highest BCUT2D eigenvalue weighted by atomic mass is 32.2. The molecule has 24 heavy (non-hydrogen) atoms. The Hall–Kier alpha value is -2.04. The lowest BCUT2D eigenvalue weighted by atomic mass is 10.1. The predicted octanol–water partition coefficient (Wildman–Crippen LogP) is -0.405. The van der Waals surface area contributed by atoms with Gasteiger partial charge in [0.25, 0.3) is 11.8 Å². The fourth-order valence-electron chi connectivity index (χ4n) is 2.45. The number of carbonyl (C=O) groups is 3. The van der Waals surface area contributed by atoms with Crippen molar-refractivity contribution in [3.8, 4) is 0 Å². The first kappa shape index (κ1) is 18.3. The molecule has 9 nitrogen and oxygen atoms in total. The molecule has 1 aliphatic rings. The number of rotatable bonds is 7. The second kappa shape index (κ2) is 8.18. The van der Waals surface area contributed by atoms with E-state index in [1.165, 1.54) is 11.8 Å². The van der Waals surface area contributed by atoms with E-state index < -0.39 is 11.8 Å². The summed E-state index contributed by atoms with van der Waals surface area (Å²) < 4.78 is 5.23. The molecule has 0 unspecified atom stereocenters. The Morgan fingerprint density at radius 2 is 1.83 bits per heavy atom. The molecule has 1 fully saturated rings. The van der Waals surface area contributed by atoms with E-state index >= 15 is 0 Å². The van der Waals surface area contributed by atoms with E-state index in [2.05, 4.69) is 10.3 Å². The summed E-state index contributed by atoms with van der Waals surface area (Å²) in [6.07, 6.45) is 0. The van der Waals surface area contributed by atoms with E-state index in [9.17, 15) is 14.4 Å². The van der Waals surface area contributed by atoms with Crippen LogP contribution in [-0.4, -0.2) is 66.2 Å². The fourth-order valence-corrected chi connectivity index (χ4v) is 3.26. The molecule has 10 heteroatoms. The van der Waals surface area contributed by atoms with E-state index in [-0.39, 0.29) is 29.4 Å². The van der Waals surface area contributed by atoms with Gasteiger partial charge in [-0.15, -0.1) is 11.8 Å². The highest BCUT2D eigenvalue weighted by Gasteiger charge is 2.26. The molecule has 0 aliphatic carbocycles. The molecule has 6 N–H and O–H groups in total. The molecule has 2 rings (SSSR count). The Kier molecular flexibility index (Phi) is 6.23. The van der Waals surface area contributed by atoms with Gasteiger partial charge < -0.3 is 26.5 Å². The smallest absolute Gasteiger partial charge is 0.253 e. The van der Waals surface area contributed by atoms with Crippen LogP contribution in [0.2, 0.25) is 0 Å². The first-order valence-corrected chi connectivity index (χ1v) is 8.50. The normalized spacial score (nSPS) is 15.2. The molecule has 1 aromatic rings. The maximum atomic E-state index is 12.2. The van der Waals surface area contributed by atoms with Crippen molar-refractivity contribution in [2.45, 2.75) is 11.9 Å². The third-order valence-electron chi connectivity index (χ3n) is 3.48. The van der Waals surface area contributed by atoms with E-state index in [4.69, 9.17) is 16.2 Å². The summed E-state index contributed by atoms with van der Waals surface area (Å²) >= 11 is 1.30. The average Bonchev–Trinajstić information content (AvgIpc) is 2.86. The molecule has 1 saturated heterocycles. The van der Waals surface area contributed by atoms with E-state index in [1.807, 2.05) is 11.8 Å². The number of thioether (sulfide) groups is 1. The van der Waals surface area contributed by atoms with E-state index in [1.54, 1.807) is 0 Å². The van der Waals surface area contributed by atoms with Gasteiger partial charge in [-0.2, -0.15) is 0 Å². The number of anilines is 1. The van der Waals surface area contributed by atoms with Crippen molar-refractivity contribution < 1.29 is 19.1 Å². The van der Waals surface area contributed by atoms with Gasteiger partial charge in [-0.05, 0) is 5.75 Å². The Morgan fingerprint density at radius 1 is 1.21 bits per heavy atom. The molecule has 0 aromatic carbocycles. The highest BCUT2D eigenvalue weighted by molar-refractivity contribution is 7.99. The molecule has 1 aromatic heterocycles. The lowest BCUT2D eigenvalue weighted by Crippen LogP contribution is -2.41. The molecule has 2 heterocycles. The van der Waals surface area contributed by atoms with Crippen molar-refractivity contribution in [2.75, 3.05) is 43.9 Å². The lowest BCUT2D eigenvalue weighted by Gasteiger charge is -2.25. The van der Waals surface area contributed by atoms with Crippen molar-refractivity contribution in [3.63, 3.8) is 0 Å². The van der Waals surface area contributed by atoms with Crippen LogP contribution >= 0.6 is 11.8 Å². The van der Waals surface area contributed by atoms with Gasteiger partial charge in [-0.25, -0.2) is 0 Å². The quantitative estimate of drug-likeness (QED) is 0.490. The van der Waals surface area contributed by atoms with Crippen LogP contribution in [0.5, 0.6) is 0 Å². The number of morpholine rings is 1. The zero-order valence-electron chi connectivity index (χ0n) is 13.4. The van der Waals surface area contributed by atoms with Crippen LogP contribution in [-0.2, 0) is 9.53 Å². The average molecular weight is 355 g/mol. The molecule has 0 atom stereocenters. The molecule has 0 radical (unpaired) electrons. The number of primary amides is 2. The van der Waals surface area contributed by atoms with Crippen LogP contribution < -0.4 is 16.8 Å². The summed E-state index contributed by atoms with van der Waals surface area (Å²) in [5.41, 5.74) is 10.7. The minimum absolute atomic E-state index is 0.0102. The third-order valence-corrected chi connectivity index (χ3v) is 4.37. The number of ether oxygens (including phenoxy) is 1. The third kappa shape index (κ3) is 4.28. The SMILES string of the molecule is CCSc1[nH]c(NC(=O)CN2CCOCC2)c(C(N)=O)c1C(N)=O. The molecule has 0 saturated carbocycles. The summed E-state index contributed by atoms with van der Waals surface area (Å²) in [7, 11) is 0. The van der Waals surface area contributed by atoms with Crippen LogP contribution in [0.3, 0.4) is 0 Å². The second-order valence-corrected chi connectivity index (χ2v) is 6.45. The first-order chi connectivity index (χ1) is 11.4. The van der Waals surface area contributed by atoms with Crippen molar-refractivity contribution in [2.24, 2.45) is 11.5 Å². The number of amides is 3. The summed E-state index contributed by atoms with van der Waals surface area (Å²) in [5.74, 6) is -1.16. The van der Waals surface area contributed by atoms with Crippen molar-refractivity contribution in [3.05, 3.63) is 11.1 Å². The number of nitrogens with one attached hydrogen (secondary N) is 2. The Morgan fingerprint density at radius 3 is 2.38 bits per heavy atom. The molecule has 132 valence electrons. The molecule has 0 spiro atoms. The highest BCUT2D eigenvalue weighted by Crippen LogP contribution is 2.30. The van der Waals surface area contributed by atoms with Crippen LogP contribution in [0.4, 0.5) is 5.82 Å². The van der Waals surface area contributed by atoms with Crippen LogP contribution in [0, 0.1) is 0 Å². The maximum Gasteiger partial charge on any atom is 0.253 e. The van der Waals surface area contributed by atoms with Crippen molar-refractivity contribution in [1.29, 1.82) is 0 Å². The second-order valence-electron chi connectivity index (χ2n) is 5.18. The number of nitrogens with zero attached hydrogens (tertiary/aromatic N) is 1. The topological polar surface area (TPSA) is 144 Å². The fraction of sp³-hybridized carbons (Fsp3) is 0.500. The van der Waals surface area contributed by atoms with E-state index in [0.29, 0.717) is 37.1 Å². The van der Waals surface area contributed by atoms with Gasteiger partial charge in [0, 0.05) is 13.1 Å². The maximum absolute atomic E-state index is 12.2. The van der Waals surface area contributed by atoms with Crippen molar-refractivity contribution in [1.82, 2.24) is 9.88 Å². The standard InChI is InChI=1S/C14H21N5O4S/c1-2-24-14-10(12(16)22)9(11(15)21)13(18-14)17-8(20)7-19-3-5-23-6-4-19/h18H,2-7H2,1H3,(H2,15,21)(H2,16,22)(H,17,20). The Balaban J connectivity index is 2.21. The number of carbonyl (C=O) groups excluding carboxylic acids is 3. The summed E-state index contributed by atoms with van der Waals surface area (Å²) in [6, 6.07) is 0.